The molecule has 1 amide bonds. The summed E-state index contributed by atoms with van der Waals surface area (Å²) in [7, 11) is 0. The Labute approximate surface area is 133 Å². The molecule has 1 atom stereocenters. The van der Waals surface area contributed by atoms with E-state index in [4.69, 9.17) is 13.8 Å². The first-order valence-corrected chi connectivity index (χ1v) is 7.73. The molecule has 1 fully saturated rings. The molecule has 23 heavy (non-hydrogen) atoms. The highest BCUT2D eigenvalue weighted by molar-refractivity contribution is 5.78. The molecule has 8 heteroatoms. The molecule has 0 unspecified atom stereocenters. The molecule has 0 aliphatic carbocycles. The Balaban J connectivity index is 1.64. The van der Waals surface area contributed by atoms with Crippen molar-refractivity contribution in [2.24, 2.45) is 0 Å². The summed E-state index contributed by atoms with van der Waals surface area (Å²) in [5.74, 6) is 2.16. The van der Waals surface area contributed by atoms with Crippen LogP contribution in [0.15, 0.2) is 15.1 Å². The third-order valence-corrected chi connectivity index (χ3v) is 3.77. The van der Waals surface area contributed by atoms with E-state index in [-0.39, 0.29) is 24.5 Å². The van der Waals surface area contributed by atoms with Crippen LogP contribution in [0.2, 0.25) is 0 Å². The highest BCUT2D eigenvalue weighted by Crippen LogP contribution is 2.31. The zero-order chi connectivity index (χ0) is 16.4. The number of carbonyl (C=O) groups excluding carboxylic acids is 1. The molecule has 3 rings (SSSR count). The normalized spacial score (nSPS) is 17.9. The van der Waals surface area contributed by atoms with Crippen molar-refractivity contribution in [3.63, 3.8) is 0 Å². The summed E-state index contributed by atoms with van der Waals surface area (Å²) in [6.07, 6.45) is 1.73. The van der Waals surface area contributed by atoms with Gasteiger partial charge in [-0.05, 0) is 24.9 Å². The molecule has 8 nitrogen and oxygen atoms in total. The Morgan fingerprint density at radius 2 is 2.26 bits per heavy atom. The maximum absolute atomic E-state index is 12.4. The first-order chi connectivity index (χ1) is 11.0. The fraction of sp³-hybridized carbons (Fsp3) is 0.600. The Kier molecular flexibility index (Phi) is 4.31. The van der Waals surface area contributed by atoms with Crippen molar-refractivity contribution in [1.29, 1.82) is 0 Å². The fourth-order valence-electron chi connectivity index (χ4n) is 2.58. The van der Waals surface area contributed by atoms with Crippen LogP contribution in [0, 0.1) is 6.92 Å². The van der Waals surface area contributed by atoms with Crippen LogP contribution in [-0.2, 0) is 4.79 Å². The molecule has 2 aromatic rings. The lowest BCUT2D eigenvalue weighted by molar-refractivity contribution is -0.134. The van der Waals surface area contributed by atoms with E-state index in [9.17, 15) is 4.79 Å². The maximum atomic E-state index is 12.4. The molecule has 124 valence electrons. The molecule has 0 bridgehead atoms. The summed E-state index contributed by atoms with van der Waals surface area (Å²) in [4.78, 5) is 18.6. The quantitative estimate of drug-likeness (QED) is 0.833. The SMILES string of the molecule is Cc1cc(OCC(=O)N2CCC[C@H]2c2noc(C(C)C)n2)no1. The summed E-state index contributed by atoms with van der Waals surface area (Å²) < 4.78 is 15.5. The van der Waals surface area contributed by atoms with Gasteiger partial charge in [-0.2, -0.15) is 4.98 Å². The topological polar surface area (TPSA) is 94.5 Å². The second kappa shape index (κ2) is 6.39. The average molecular weight is 320 g/mol. The third-order valence-electron chi connectivity index (χ3n) is 3.77. The van der Waals surface area contributed by atoms with Crippen molar-refractivity contribution in [3.05, 3.63) is 23.5 Å². The summed E-state index contributed by atoms with van der Waals surface area (Å²) in [5, 5.41) is 7.73. The molecule has 1 saturated heterocycles. The van der Waals surface area contributed by atoms with E-state index in [0.717, 1.165) is 12.8 Å². The van der Waals surface area contributed by atoms with Gasteiger partial charge in [0.15, 0.2) is 12.4 Å². The maximum Gasteiger partial charge on any atom is 0.261 e. The molecule has 0 aromatic carbocycles. The Morgan fingerprint density at radius 3 is 2.91 bits per heavy atom. The third kappa shape index (κ3) is 3.35. The number of hydrogen-bond acceptors (Lipinski definition) is 7. The highest BCUT2D eigenvalue weighted by atomic mass is 16.5. The molecule has 2 aromatic heterocycles. The van der Waals surface area contributed by atoms with E-state index < -0.39 is 0 Å². The number of rotatable bonds is 5. The van der Waals surface area contributed by atoms with Crippen LogP contribution in [0.1, 0.15) is 56.1 Å². The van der Waals surface area contributed by atoms with Gasteiger partial charge in [-0.15, -0.1) is 0 Å². The van der Waals surface area contributed by atoms with Gasteiger partial charge < -0.3 is 18.7 Å². The number of aryl methyl sites for hydroxylation is 1. The number of nitrogens with zero attached hydrogens (tertiary/aromatic N) is 4. The Bertz CT molecular complexity index is 679. The zero-order valence-corrected chi connectivity index (χ0v) is 13.5. The molecule has 0 N–H and O–H groups in total. The van der Waals surface area contributed by atoms with Crippen molar-refractivity contribution in [2.45, 2.75) is 45.6 Å². The van der Waals surface area contributed by atoms with Crippen LogP contribution in [0.4, 0.5) is 0 Å². The minimum atomic E-state index is -0.151. The minimum absolute atomic E-state index is 0.0859. The summed E-state index contributed by atoms with van der Waals surface area (Å²) >= 11 is 0. The van der Waals surface area contributed by atoms with Gasteiger partial charge >= 0.3 is 0 Å². The van der Waals surface area contributed by atoms with E-state index in [2.05, 4.69) is 15.3 Å². The van der Waals surface area contributed by atoms with Crippen molar-refractivity contribution < 1.29 is 18.6 Å². The van der Waals surface area contributed by atoms with Crippen LogP contribution in [0.25, 0.3) is 0 Å². The molecule has 1 aliphatic rings. The zero-order valence-electron chi connectivity index (χ0n) is 13.5. The number of amides is 1. The number of aromatic nitrogens is 3. The van der Waals surface area contributed by atoms with Gasteiger partial charge in [0, 0.05) is 18.5 Å². The number of likely N-dealkylation sites (tertiary alicyclic amines) is 1. The van der Waals surface area contributed by atoms with Crippen LogP contribution in [0.3, 0.4) is 0 Å². The largest absolute Gasteiger partial charge is 0.465 e. The molecule has 1 aliphatic heterocycles. The first-order valence-electron chi connectivity index (χ1n) is 7.73. The fourth-order valence-corrected chi connectivity index (χ4v) is 2.58. The van der Waals surface area contributed by atoms with E-state index in [1.807, 2.05) is 13.8 Å². The Morgan fingerprint density at radius 1 is 1.43 bits per heavy atom. The van der Waals surface area contributed by atoms with E-state index in [0.29, 0.717) is 29.9 Å². The summed E-state index contributed by atoms with van der Waals surface area (Å²) in [5.41, 5.74) is 0. The summed E-state index contributed by atoms with van der Waals surface area (Å²) in [6, 6.07) is 1.49. The smallest absolute Gasteiger partial charge is 0.261 e. The van der Waals surface area contributed by atoms with Crippen molar-refractivity contribution in [3.8, 4) is 5.88 Å². The Hall–Kier alpha value is -2.38. The van der Waals surface area contributed by atoms with Crippen molar-refractivity contribution >= 4 is 5.91 Å². The number of hydrogen-bond donors (Lipinski definition) is 0. The highest BCUT2D eigenvalue weighted by Gasteiger charge is 2.33. The second-order valence-electron chi connectivity index (χ2n) is 5.96. The van der Waals surface area contributed by atoms with Gasteiger partial charge in [0.05, 0.1) is 6.04 Å². The van der Waals surface area contributed by atoms with Crippen molar-refractivity contribution in [1.82, 2.24) is 20.2 Å². The average Bonchev–Trinajstić information content (AvgIpc) is 3.24. The molecule has 0 saturated carbocycles. The molecular weight excluding hydrogens is 300 g/mol. The molecule has 3 heterocycles. The van der Waals surface area contributed by atoms with Gasteiger partial charge in [0.1, 0.15) is 5.76 Å². The standard InChI is InChI=1S/C15H20N4O4/c1-9(2)15-16-14(18-23-15)11-5-4-6-19(11)13(20)8-21-12-7-10(3)22-17-12/h7,9,11H,4-6,8H2,1-3H3/t11-/m0/s1. The monoisotopic (exact) mass is 320 g/mol. The summed E-state index contributed by atoms with van der Waals surface area (Å²) in [6.45, 7) is 6.32. The van der Waals surface area contributed by atoms with Crippen LogP contribution in [-0.4, -0.2) is 39.3 Å². The second-order valence-corrected chi connectivity index (χ2v) is 5.96. The van der Waals surface area contributed by atoms with Crippen molar-refractivity contribution in [2.75, 3.05) is 13.2 Å². The van der Waals surface area contributed by atoms with E-state index in [1.165, 1.54) is 0 Å². The minimum Gasteiger partial charge on any atom is -0.465 e. The lowest BCUT2D eigenvalue weighted by Crippen LogP contribution is -2.35. The van der Waals surface area contributed by atoms with E-state index >= 15 is 0 Å². The van der Waals surface area contributed by atoms with Gasteiger partial charge in [0.25, 0.3) is 11.8 Å². The van der Waals surface area contributed by atoms with Crippen LogP contribution in [0.5, 0.6) is 5.88 Å². The predicted molar refractivity (Wildman–Crippen MR) is 78.8 cm³/mol. The van der Waals surface area contributed by atoms with Crippen LogP contribution < -0.4 is 4.74 Å². The number of ether oxygens (including phenoxy) is 1. The first kappa shape index (κ1) is 15.5. The van der Waals surface area contributed by atoms with Crippen LogP contribution >= 0.6 is 0 Å². The van der Waals surface area contributed by atoms with Gasteiger partial charge in [-0.1, -0.05) is 19.0 Å². The molecular formula is C15H20N4O4. The van der Waals surface area contributed by atoms with E-state index in [1.54, 1.807) is 17.9 Å². The molecule has 0 radical (unpaired) electrons. The lowest BCUT2D eigenvalue weighted by atomic mass is 10.2. The number of carbonyl (C=O) groups is 1. The molecule has 0 spiro atoms. The van der Waals surface area contributed by atoms with Gasteiger partial charge in [0.2, 0.25) is 5.89 Å². The predicted octanol–water partition coefficient (Wildman–Crippen LogP) is 2.23. The van der Waals surface area contributed by atoms with Gasteiger partial charge in [-0.3, -0.25) is 4.79 Å². The van der Waals surface area contributed by atoms with Gasteiger partial charge in [-0.25, -0.2) is 0 Å². The lowest BCUT2D eigenvalue weighted by Gasteiger charge is -2.21.